The summed E-state index contributed by atoms with van der Waals surface area (Å²) in [5.41, 5.74) is -0.229. The number of halogens is 1. The van der Waals surface area contributed by atoms with E-state index < -0.39 is 5.97 Å². The number of carboxylic acids is 1. The van der Waals surface area contributed by atoms with E-state index in [-0.39, 0.29) is 22.5 Å². The van der Waals surface area contributed by atoms with Gasteiger partial charge >= 0.3 is 5.97 Å². The molecular weight excluding hydrogens is 220 g/mol. The number of aromatic nitrogens is 2. The first kappa shape index (κ1) is 11.7. The SMILES string of the molecule is COc1nc(C(C)C)nc(C(=O)O)c1Cl. The predicted molar refractivity (Wildman–Crippen MR) is 54.6 cm³/mol. The maximum absolute atomic E-state index is 10.8. The van der Waals surface area contributed by atoms with Gasteiger partial charge in [0.25, 0.3) is 0 Å². The third-order valence-electron chi connectivity index (χ3n) is 1.75. The lowest BCUT2D eigenvalue weighted by atomic mass is 10.2. The lowest BCUT2D eigenvalue weighted by Crippen LogP contribution is -2.09. The number of hydrogen-bond acceptors (Lipinski definition) is 4. The van der Waals surface area contributed by atoms with E-state index in [1.54, 1.807) is 0 Å². The van der Waals surface area contributed by atoms with Crippen LogP contribution in [0.3, 0.4) is 0 Å². The number of methoxy groups -OCH3 is 1. The second-order valence-corrected chi connectivity index (χ2v) is 3.59. The summed E-state index contributed by atoms with van der Waals surface area (Å²) in [7, 11) is 1.38. The van der Waals surface area contributed by atoms with E-state index in [0.29, 0.717) is 5.82 Å². The van der Waals surface area contributed by atoms with Crippen LogP contribution in [0.15, 0.2) is 0 Å². The molecule has 0 fully saturated rings. The molecule has 0 saturated carbocycles. The summed E-state index contributed by atoms with van der Waals surface area (Å²) in [6, 6.07) is 0. The van der Waals surface area contributed by atoms with Crippen LogP contribution in [0.2, 0.25) is 5.02 Å². The van der Waals surface area contributed by atoms with Crippen molar-refractivity contribution in [2.24, 2.45) is 0 Å². The van der Waals surface area contributed by atoms with Crippen LogP contribution in [0.4, 0.5) is 0 Å². The molecule has 0 radical (unpaired) electrons. The molecular formula is C9H11ClN2O3. The average Bonchev–Trinajstić information content (AvgIpc) is 2.17. The minimum Gasteiger partial charge on any atom is -0.480 e. The summed E-state index contributed by atoms with van der Waals surface area (Å²) in [5, 5.41) is 8.79. The maximum Gasteiger partial charge on any atom is 0.356 e. The molecule has 1 N–H and O–H groups in total. The molecule has 1 aromatic heterocycles. The lowest BCUT2D eigenvalue weighted by molar-refractivity contribution is 0.0689. The second-order valence-electron chi connectivity index (χ2n) is 3.21. The Labute approximate surface area is 92.1 Å². The minimum atomic E-state index is -1.19. The van der Waals surface area contributed by atoms with Crippen LogP contribution in [-0.4, -0.2) is 28.2 Å². The molecule has 1 rings (SSSR count). The smallest absolute Gasteiger partial charge is 0.356 e. The van der Waals surface area contributed by atoms with Gasteiger partial charge in [0.15, 0.2) is 5.69 Å². The largest absolute Gasteiger partial charge is 0.480 e. The van der Waals surface area contributed by atoms with Crippen molar-refractivity contribution in [3.8, 4) is 5.88 Å². The van der Waals surface area contributed by atoms with Gasteiger partial charge in [-0.25, -0.2) is 9.78 Å². The topological polar surface area (TPSA) is 72.3 Å². The van der Waals surface area contributed by atoms with Gasteiger partial charge in [-0.3, -0.25) is 0 Å². The van der Waals surface area contributed by atoms with Crippen molar-refractivity contribution in [3.63, 3.8) is 0 Å². The normalized spacial score (nSPS) is 10.5. The van der Waals surface area contributed by atoms with E-state index in [4.69, 9.17) is 21.4 Å². The third-order valence-corrected chi connectivity index (χ3v) is 2.09. The number of nitrogens with zero attached hydrogens (tertiary/aromatic N) is 2. The summed E-state index contributed by atoms with van der Waals surface area (Å²) < 4.78 is 4.88. The van der Waals surface area contributed by atoms with Gasteiger partial charge in [-0.1, -0.05) is 25.4 Å². The van der Waals surface area contributed by atoms with Crippen molar-refractivity contribution in [1.82, 2.24) is 9.97 Å². The van der Waals surface area contributed by atoms with Crippen LogP contribution >= 0.6 is 11.6 Å². The quantitative estimate of drug-likeness (QED) is 0.859. The van der Waals surface area contributed by atoms with Crippen molar-refractivity contribution >= 4 is 17.6 Å². The zero-order valence-corrected chi connectivity index (χ0v) is 9.37. The number of carbonyl (C=O) groups is 1. The highest BCUT2D eigenvalue weighted by Gasteiger charge is 2.19. The van der Waals surface area contributed by atoms with Crippen molar-refractivity contribution in [3.05, 3.63) is 16.5 Å². The molecule has 0 aromatic carbocycles. The Bertz CT molecular complexity index is 393. The Morgan fingerprint density at radius 3 is 2.47 bits per heavy atom. The molecule has 0 aliphatic rings. The fraction of sp³-hybridized carbons (Fsp3) is 0.444. The summed E-state index contributed by atoms with van der Waals surface area (Å²) in [6.45, 7) is 3.71. The summed E-state index contributed by atoms with van der Waals surface area (Å²) >= 11 is 5.75. The fourth-order valence-corrected chi connectivity index (χ4v) is 1.22. The second kappa shape index (κ2) is 4.44. The highest BCUT2D eigenvalue weighted by atomic mass is 35.5. The van der Waals surface area contributed by atoms with Crippen LogP contribution in [0.25, 0.3) is 0 Å². The summed E-state index contributed by atoms with van der Waals surface area (Å²) in [6.07, 6.45) is 0. The molecule has 0 bridgehead atoms. The van der Waals surface area contributed by atoms with E-state index >= 15 is 0 Å². The number of carboxylic acid groups (broad SMARTS) is 1. The van der Waals surface area contributed by atoms with Gasteiger partial charge in [0.05, 0.1) is 7.11 Å². The van der Waals surface area contributed by atoms with Crippen molar-refractivity contribution in [1.29, 1.82) is 0 Å². The van der Waals surface area contributed by atoms with Crippen LogP contribution in [0, 0.1) is 0 Å². The fourth-order valence-electron chi connectivity index (χ4n) is 0.978. The zero-order valence-electron chi connectivity index (χ0n) is 8.61. The number of ether oxygens (including phenoxy) is 1. The highest BCUT2D eigenvalue weighted by molar-refractivity contribution is 6.34. The first-order valence-corrected chi connectivity index (χ1v) is 4.69. The standard InChI is InChI=1S/C9H11ClN2O3/c1-4(2)7-11-6(9(13)14)5(10)8(12-7)15-3/h4H,1-3H3,(H,13,14). The van der Waals surface area contributed by atoms with Gasteiger partial charge in [0.2, 0.25) is 5.88 Å². The highest BCUT2D eigenvalue weighted by Crippen LogP contribution is 2.26. The summed E-state index contributed by atoms with van der Waals surface area (Å²) in [4.78, 5) is 18.7. The molecule has 0 amide bonds. The number of aromatic carboxylic acids is 1. The van der Waals surface area contributed by atoms with Gasteiger partial charge in [-0.15, -0.1) is 0 Å². The van der Waals surface area contributed by atoms with Gasteiger partial charge in [-0.05, 0) is 0 Å². The van der Waals surface area contributed by atoms with Crippen LogP contribution < -0.4 is 4.74 Å². The van der Waals surface area contributed by atoms with Crippen molar-refractivity contribution in [2.75, 3.05) is 7.11 Å². The first-order chi connectivity index (χ1) is 6.97. The van der Waals surface area contributed by atoms with Crippen LogP contribution in [-0.2, 0) is 0 Å². The molecule has 0 unspecified atom stereocenters. The molecule has 82 valence electrons. The number of hydrogen-bond donors (Lipinski definition) is 1. The van der Waals surface area contributed by atoms with Gasteiger partial charge in [0, 0.05) is 5.92 Å². The monoisotopic (exact) mass is 230 g/mol. The molecule has 0 aliphatic heterocycles. The van der Waals surface area contributed by atoms with Crippen molar-refractivity contribution in [2.45, 2.75) is 19.8 Å². The molecule has 0 saturated heterocycles. The molecule has 0 aliphatic carbocycles. The van der Waals surface area contributed by atoms with Gasteiger partial charge in [0.1, 0.15) is 10.8 Å². The Hall–Kier alpha value is -1.36. The zero-order chi connectivity index (χ0) is 11.6. The molecule has 5 nitrogen and oxygen atoms in total. The van der Waals surface area contributed by atoms with Crippen LogP contribution in [0.1, 0.15) is 36.1 Å². The molecule has 6 heteroatoms. The summed E-state index contributed by atoms with van der Waals surface area (Å²) in [5.74, 6) is -0.696. The van der Waals surface area contributed by atoms with E-state index in [0.717, 1.165) is 0 Å². The Morgan fingerprint density at radius 1 is 1.47 bits per heavy atom. The van der Waals surface area contributed by atoms with Gasteiger partial charge in [-0.2, -0.15) is 4.98 Å². The molecule has 1 heterocycles. The molecule has 15 heavy (non-hydrogen) atoms. The Morgan fingerprint density at radius 2 is 2.07 bits per heavy atom. The van der Waals surface area contributed by atoms with Crippen LogP contribution in [0.5, 0.6) is 5.88 Å². The van der Waals surface area contributed by atoms with E-state index in [2.05, 4.69) is 9.97 Å². The average molecular weight is 231 g/mol. The predicted octanol–water partition coefficient (Wildman–Crippen LogP) is 1.96. The lowest BCUT2D eigenvalue weighted by Gasteiger charge is -2.09. The van der Waals surface area contributed by atoms with E-state index in [1.807, 2.05) is 13.8 Å². The van der Waals surface area contributed by atoms with E-state index in [9.17, 15) is 4.79 Å². The Kier molecular flexibility index (Phi) is 3.47. The minimum absolute atomic E-state index is 0.00858. The number of rotatable bonds is 3. The third kappa shape index (κ3) is 2.36. The molecule has 0 spiro atoms. The first-order valence-electron chi connectivity index (χ1n) is 4.32. The maximum atomic E-state index is 10.8. The van der Waals surface area contributed by atoms with E-state index in [1.165, 1.54) is 7.11 Å². The molecule has 0 atom stereocenters. The molecule has 1 aromatic rings. The Balaban J connectivity index is 3.38. The van der Waals surface area contributed by atoms with Gasteiger partial charge < -0.3 is 9.84 Å². The van der Waals surface area contributed by atoms with Crippen molar-refractivity contribution < 1.29 is 14.6 Å².